The Morgan fingerprint density at radius 1 is 1.25 bits per heavy atom. The van der Waals surface area contributed by atoms with Crippen LogP contribution in [0, 0.1) is 5.82 Å². The molecule has 3 aromatic rings. The Morgan fingerprint density at radius 2 is 2.11 bits per heavy atom. The summed E-state index contributed by atoms with van der Waals surface area (Å²) >= 11 is 5.95. The fraction of sp³-hybridized carbons (Fsp3) is 0.0952. The molecule has 0 aliphatic carbocycles. The molecule has 1 amide bonds. The standard InChI is InChI=1S/C21H17ClFN3O2/c1-14(26-20(27)8-6-15-5-7-17(23)12-19(15)22)16-3-2-4-18(11-16)28-21-13-24-9-10-25-21/h2-14H,1H3,(H,26,27)/b8-6+/t14-/m0/s1. The highest BCUT2D eigenvalue weighted by molar-refractivity contribution is 6.32. The van der Waals surface area contributed by atoms with Crippen molar-refractivity contribution in [1.82, 2.24) is 15.3 Å². The molecule has 0 fully saturated rings. The Hall–Kier alpha value is -3.25. The van der Waals surface area contributed by atoms with Gasteiger partial charge >= 0.3 is 0 Å². The number of carbonyl (C=O) groups excluding carboxylic acids is 1. The summed E-state index contributed by atoms with van der Waals surface area (Å²) in [5.41, 5.74) is 1.42. The zero-order chi connectivity index (χ0) is 19.9. The molecule has 5 nitrogen and oxygen atoms in total. The third-order valence-corrected chi connectivity index (χ3v) is 4.18. The SMILES string of the molecule is C[C@H](NC(=O)/C=C/c1ccc(F)cc1Cl)c1cccc(Oc2cnccn2)c1. The smallest absolute Gasteiger partial charge is 0.244 e. The highest BCUT2D eigenvalue weighted by atomic mass is 35.5. The van der Waals surface area contributed by atoms with Crippen LogP contribution in [-0.2, 0) is 4.79 Å². The molecule has 1 aromatic heterocycles. The van der Waals surface area contributed by atoms with Crippen molar-refractivity contribution < 1.29 is 13.9 Å². The molecule has 3 rings (SSSR count). The normalized spacial score (nSPS) is 12.0. The van der Waals surface area contributed by atoms with E-state index in [4.69, 9.17) is 16.3 Å². The van der Waals surface area contributed by atoms with E-state index < -0.39 is 5.82 Å². The van der Waals surface area contributed by atoms with Gasteiger partial charge in [-0.25, -0.2) is 9.37 Å². The van der Waals surface area contributed by atoms with E-state index in [1.807, 2.05) is 25.1 Å². The predicted octanol–water partition coefficient (Wildman–Crippen LogP) is 4.95. The maximum atomic E-state index is 13.1. The van der Waals surface area contributed by atoms with Gasteiger partial charge < -0.3 is 10.1 Å². The molecule has 0 unspecified atom stereocenters. The molecule has 1 heterocycles. The lowest BCUT2D eigenvalue weighted by Crippen LogP contribution is -2.24. The summed E-state index contributed by atoms with van der Waals surface area (Å²) in [7, 11) is 0. The van der Waals surface area contributed by atoms with Crippen molar-refractivity contribution in [3.63, 3.8) is 0 Å². The van der Waals surface area contributed by atoms with Crippen molar-refractivity contribution in [2.24, 2.45) is 0 Å². The van der Waals surface area contributed by atoms with E-state index in [-0.39, 0.29) is 17.0 Å². The van der Waals surface area contributed by atoms with E-state index in [0.717, 1.165) is 5.56 Å². The molecule has 0 aliphatic heterocycles. The maximum Gasteiger partial charge on any atom is 0.244 e. The van der Waals surface area contributed by atoms with Crippen molar-refractivity contribution in [2.45, 2.75) is 13.0 Å². The third-order valence-electron chi connectivity index (χ3n) is 3.86. The molecule has 0 saturated heterocycles. The largest absolute Gasteiger partial charge is 0.437 e. The lowest BCUT2D eigenvalue weighted by atomic mass is 10.1. The summed E-state index contributed by atoms with van der Waals surface area (Å²) in [5.74, 6) is 0.250. The lowest BCUT2D eigenvalue weighted by molar-refractivity contribution is -0.117. The third kappa shape index (κ3) is 5.37. The predicted molar refractivity (Wildman–Crippen MR) is 106 cm³/mol. The van der Waals surface area contributed by atoms with Gasteiger partial charge in [0.2, 0.25) is 11.8 Å². The molecular formula is C21H17ClFN3O2. The first-order valence-corrected chi connectivity index (χ1v) is 8.86. The van der Waals surface area contributed by atoms with Gasteiger partial charge in [0, 0.05) is 18.5 Å². The van der Waals surface area contributed by atoms with Gasteiger partial charge in [0.1, 0.15) is 11.6 Å². The number of hydrogen-bond donors (Lipinski definition) is 1. The average molecular weight is 398 g/mol. The zero-order valence-electron chi connectivity index (χ0n) is 15.0. The molecule has 0 spiro atoms. The van der Waals surface area contributed by atoms with Crippen LogP contribution < -0.4 is 10.1 Å². The van der Waals surface area contributed by atoms with Gasteiger partial charge in [-0.15, -0.1) is 0 Å². The van der Waals surface area contributed by atoms with Gasteiger partial charge in [-0.2, -0.15) is 0 Å². The Labute approximate surface area is 166 Å². The van der Waals surface area contributed by atoms with Gasteiger partial charge in [0.05, 0.1) is 17.3 Å². The molecule has 142 valence electrons. The van der Waals surface area contributed by atoms with Crippen LogP contribution >= 0.6 is 11.6 Å². The van der Waals surface area contributed by atoms with Gasteiger partial charge in [-0.05, 0) is 48.4 Å². The molecule has 7 heteroatoms. The molecule has 1 atom stereocenters. The molecule has 0 radical (unpaired) electrons. The Kier molecular flexibility index (Phi) is 6.34. The number of nitrogens with one attached hydrogen (secondary N) is 1. The first kappa shape index (κ1) is 19.5. The number of benzene rings is 2. The van der Waals surface area contributed by atoms with Gasteiger partial charge in [-0.3, -0.25) is 9.78 Å². The molecular weight excluding hydrogens is 381 g/mol. The number of carbonyl (C=O) groups is 1. The number of ether oxygens (including phenoxy) is 1. The van der Waals surface area contributed by atoms with E-state index in [1.165, 1.54) is 36.5 Å². The minimum Gasteiger partial charge on any atom is -0.437 e. The molecule has 28 heavy (non-hydrogen) atoms. The maximum absolute atomic E-state index is 13.1. The highest BCUT2D eigenvalue weighted by Gasteiger charge is 2.09. The van der Waals surface area contributed by atoms with Crippen LogP contribution in [0.2, 0.25) is 5.02 Å². The molecule has 0 saturated carbocycles. The number of rotatable bonds is 6. The van der Waals surface area contributed by atoms with Crippen molar-refractivity contribution in [3.8, 4) is 11.6 Å². The second-order valence-corrected chi connectivity index (χ2v) is 6.35. The van der Waals surface area contributed by atoms with Crippen LogP contribution in [0.25, 0.3) is 6.08 Å². The molecule has 1 N–H and O–H groups in total. The molecule has 2 aromatic carbocycles. The fourth-order valence-corrected chi connectivity index (χ4v) is 2.68. The average Bonchev–Trinajstić information content (AvgIpc) is 2.68. The second-order valence-electron chi connectivity index (χ2n) is 5.95. The van der Waals surface area contributed by atoms with E-state index >= 15 is 0 Å². The summed E-state index contributed by atoms with van der Waals surface area (Å²) in [6.45, 7) is 1.86. The molecule has 0 bridgehead atoms. The van der Waals surface area contributed by atoms with Crippen molar-refractivity contribution in [2.75, 3.05) is 0 Å². The van der Waals surface area contributed by atoms with Crippen LogP contribution in [0.5, 0.6) is 11.6 Å². The second kappa shape index (κ2) is 9.10. The van der Waals surface area contributed by atoms with Gasteiger partial charge in [-0.1, -0.05) is 29.8 Å². The van der Waals surface area contributed by atoms with Crippen LogP contribution in [0.1, 0.15) is 24.1 Å². The van der Waals surface area contributed by atoms with Crippen LogP contribution in [-0.4, -0.2) is 15.9 Å². The summed E-state index contributed by atoms with van der Waals surface area (Å²) in [5, 5.41) is 3.10. The van der Waals surface area contributed by atoms with Crippen LogP contribution in [0.4, 0.5) is 4.39 Å². The lowest BCUT2D eigenvalue weighted by Gasteiger charge is -2.14. The number of amides is 1. The highest BCUT2D eigenvalue weighted by Crippen LogP contribution is 2.23. The Bertz CT molecular complexity index is 996. The summed E-state index contributed by atoms with van der Waals surface area (Å²) in [6.07, 6.45) is 7.52. The van der Waals surface area contributed by atoms with E-state index in [9.17, 15) is 9.18 Å². The number of aromatic nitrogens is 2. The van der Waals surface area contributed by atoms with E-state index in [2.05, 4.69) is 15.3 Å². The van der Waals surface area contributed by atoms with Gasteiger partial charge in [0.25, 0.3) is 0 Å². The minimum atomic E-state index is -0.427. The molecule has 0 aliphatic rings. The minimum absolute atomic E-state index is 0.242. The van der Waals surface area contributed by atoms with Crippen LogP contribution in [0.3, 0.4) is 0 Å². The van der Waals surface area contributed by atoms with Crippen molar-refractivity contribution >= 4 is 23.6 Å². The first-order chi connectivity index (χ1) is 13.5. The number of halogens is 2. The topological polar surface area (TPSA) is 64.1 Å². The Morgan fingerprint density at radius 3 is 2.86 bits per heavy atom. The zero-order valence-corrected chi connectivity index (χ0v) is 15.7. The van der Waals surface area contributed by atoms with Crippen molar-refractivity contribution in [1.29, 1.82) is 0 Å². The quantitative estimate of drug-likeness (QED) is 0.597. The fourth-order valence-electron chi connectivity index (χ4n) is 2.45. The van der Waals surface area contributed by atoms with Crippen molar-refractivity contribution in [3.05, 3.63) is 89.1 Å². The summed E-state index contributed by atoms with van der Waals surface area (Å²) in [4.78, 5) is 20.2. The van der Waals surface area contributed by atoms with Gasteiger partial charge in [0.15, 0.2) is 0 Å². The first-order valence-electron chi connectivity index (χ1n) is 8.49. The monoisotopic (exact) mass is 397 g/mol. The van der Waals surface area contributed by atoms with Crippen LogP contribution in [0.15, 0.2) is 67.1 Å². The summed E-state index contributed by atoms with van der Waals surface area (Å²) in [6, 6.07) is 11.1. The van der Waals surface area contributed by atoms with E-state index in [0.29, 0.717) is 17.2 Å². The van der Waals surface area contributed by atoms with E-state index in [1.54, 1.807) is 18.5 Å². The number of nitrogens with zero attached hydrogens (tertiary/aromatic N) is 2. The Balaban J connectivity index is 1.63. The number of hydrogen-bond acceptors (Lipinski definition) is 4. The summed E-state index contributed by atoms with van der Waals surface area (Å²) < 4.78 is 18.7.